The average molecular weight is 291 g/mol. The quantitative estimate of drug-likeness (QED) is 0.654. The summed E-state index contributed by atoms with van der Waals surface area (Å²) >= 11 is 0. The SMILES string of the molecule is CCNCc1cncc(Oc2cc(F)ccc2[N+](=O)[O-])c1. The van der Waals surface area contributed by atoms with Crippen LogP contribution < -0.4 is 10.1 Å². The largest absolute Gasteiger partial charge is 0.448 e. The van der Waals surface area contributed by atoms with Gasteiger partial charge in [0.15, 0.2) is 0 Å². The molecule has 0 amide bonds. The van der Waals surface area contributed by atoms with Crippen LogP contribution in [0.2, 0.25) is 0 Å². The summed E-state index contributed by atoms with van der Waals surface area (Å²) in [5.74, 6) is -0.436. The van der Waals surface area contributed by atoms with Crippen molar-refractivity contribution < 1.29 is 14.1 Å². The van der Waals surface area contributed by atoms with Crippen molar-refractivity contribution in [3.05, 3.63) is 58.2 Å². The van der Waals surface area contributed by atoms with Crippen LogP contribution in [0.1, 0.15) is 12.5 Å². The highest BCUT2D eigenvalue weighted by Crippen LogP contribution is 2.31. The number of hydrogen-bond acceptors (Lipinski definition) is 5. The fourth-order valence-electron chi connectivity index (χ4n) is 1.73. The van der Waals surface area contributed by atoms with Crippen molar-refractivity contribution in [2.24, 2.45) is 0 Å². The number of nitro groups is 1. The third kappa shape index (κ3) is 3.96. The van der Waals surface area contributed by atoms with Gasteiger partial charge < -0.3 is 10.1 Å². The van der Waals surface area contributed by atoms with Crippen molar-refractivity contribution >= 4 is 5.69 Å². The highest BCUT2D eigenvalue weighted by molar-refractivity contribution is 5.48. The minimum atomic E-state index is -0.620. The van der Waals surface area contributed by atoms with Gasteiger partial charge in [-0.2, -0.15) is 0 Å². The summed E-state index contributed by atoms with van der Waals surface area (Å²) in [6.07, 6.45) is 3.08. The van der Waals surface area contributed by atoms with Gasteiger partial charge in [-0.3, -0.25) is 15.1 Å². The number of ether oxygens (including phenoxy) is 1. The molecular formula is C14H14FN3O3. The summed E-state index contributed by atoms with van der Waals surface area (Å²) in [5.41, 5.74) is 0.571. The van der Waals surface area contributed by atoms with Gasteiger partial charge in [0, 0.05) is 24.9 Å². The second kappa shape index (κ2) is 6.76. The van der Waals surface area contributed by atoms with Crippen molar-refractivity contribution in [2.75, 3.05) is 6.54 Å². The van der Waals surface area contributed by atoms with Crippen LogP contribution in [-0.2, 0) is 6.54 Å². The Hall–Kier alpha value is -2.54. The number of pyridine rings is 1. The zero-order valence-electron chi connectivity index (χ0n) is 11.4. The molecule has 0 fully saturated rings. The van der Waals surface area contributed by atoms with Gasteiger partial charge in [-0.1, -0.05) is 6.92 Å². The van der Waals surface area contributed by atoms with Gasteiger partial charge in [-0.05, 0) is 24.2 Å². The lowest BCUT2D eigenvalue weighted by atomic mass is 10.2. The summed E-state index contributed by atoms with van der Waals surface area (Å²) in [7, 11) is 0. The molecule has 0 aliphatic carbocycles. The smallest absolute Gasteiger partial charge is 0.311 e. The summed E-state index contributed by atoms with van der Waals surface area (Å²) in [6, 6.07) is 4.77. The first-order valence-electron chi connectivity index (χ1n) is 6.36. The number of nitrogens with zero attached hydrogens (tertiary/aromatic N) is 2. The van der Waals surface area contributed by atoms with Crippen LogP contribution >= 0.6 is 0 Å². The molecule has 21 heavy (non-hydrogen) atoms. The lowest BCUT2D eigenvalue weighted by molar-refractivity contribution is -0.385. The van der Waals surface area contributed by atoms with Crippen LogP contribution in [0, 0.1) is 15.9 Å². The molecule has 1 aromatic heterocycles. The third-order valence-electron chi connectivity index (χ3n) is 2.70. The van der Waals surface area contributed by atoms with Crippen molar-refractivity contribution in [2.45, 2.75) is 13.5 Å². The van der Waals surface area contributed by atoms with Gasteiger partial charge in [-0.15, -0.1) is 0 Å². The molecule has 2 rings (SSSR count). The topological polar surface area (TPSA) is 77.3 Å². The molecule has 2 aromatic rings. The van der Waals surface area contributed by atoms with E-state index in [4.69, 9.17) is 4.74 Å². The zero-order chi connectivity index (χ0) is 15.2. The van der Waals surface area contributed by atoms with E-state index in [1.165, 1.54) is 6.20 Å². The zero-order valence-corrected chi connectivity index (χ0v) is 11.4. The predicted octanol–water partition coefficient (Wildman–Crippen LogP) is 3.03. The molecule has 1 N–H and O–H groups in total. The Kier molecular flexibility index (Phi) is 4.78. The minimum Gasteiger partial charge on any atom is -0.448 e. The van der Waals surface area contributed by atoms with Gasteiger partial charge >= 0.3 is 5.69 Å². The number of hydrogen-bond donors (Lipinski definition) is 1. The van der Waals surface area contributed by atoms with Crippen LogP contribution in [0.25, 0.3) is 0 Å². The van der Waals surface area contributed by atoms with E-state index in [-0.39, 0.29) is 11.4 Å². The van der Waals surface area contributed by atoms with E-state index in [9.17, 15) is 14.5 Å². The minimum absolute atomic E-state index is 0.151. The van der Waals surface area contributed by atoms with E-state index in [2.05, 4.69) is 10.3 Å². The number of aromatic nitrogens is 1. The van der Waals surface area contributed by atoms with E-state index < -0.39 is 10.7 Å². The Balaban J connectivity index is 2.25. The summed E-state index contributed by atoms with van der Waals surface area (Å²) < 4.78 is 18.6. The van der Waals surface area contributed by atoms with Crippen molar-refractivity contribution in [1.29, 1.82) is 0 Å². The first kappa shape index (κ1) is 14.9. The number of nitro benzene ring substituents is 1. The van der Waals surface area contributed by atoms with Gasteiger partial charge in [0.25, 0.3) is 0 Å². The number of nitrogens with one attached hydrogen (secondary N) is 1. The maximum Gasteiger partial charge on any atom is 0.311 e. The molecular weight excluding hydrogens is 277 g/mol. The summed E-state index contributed by atoms with van der Waals surface area (Å²) in [5, 5.41) is 14.0. The summed E-state index contributed by atoms with van der Waals surface area (Å²) in [6.45, 7) is 3.39. The van der Waals surface area contributed by atoms with Gasteiger partial charge in [0.1, 0.15) is 11.6 Å². The molecule has 0 spiro atoms. The Bertz CT molecular complexity index is 649. The van der Waals surface area contributed by atoms with Crippen LogP contribution in [0.15, 0.2) is 36.7 Å². The average Bonchev–Trinajstić information content (AvgIpc) is 2.45. The van der Waals surface area contributed by atoms with E-state index in [0.29, 0.717) is 12.3 Å². The molecule has 0 atom stereocenters. The molecule has 7 heteroatoms. The highest BCUT2D eigenvalue weighted by atomic mass is 19.1. The van der Waals surface area contributed by atoms with Crippen molar-refractivity contribution in [3.63, 3.8) is 0 Å². The van der Waals surface area contributed by atoms with E-state index in [1.807, 2.05) is 6.92 Å². The Morgan fingerprint density at radius 3 is 2.90 bits per heavy atom. The van der Waals surface area contributed by atoms with E-state index >= 15 is 0 Å². The Morgan fingerprint density at radius 1 is 1.38 bits per heavy atom. The fraction of sp³-hybridized carbons (Fsp3) is 0.214. The molecule has 1 heterocycles. The van der Waals surface area contributed by atoms with Crippen molar-refractivity contribution in [3.8, 4) is 11.5 Å². The third-order valence-corrected chi connectivity index (χ3v) is 2.70. The Morgan fingerprint density at radius 2 is 2.19 bits per heavy atom. The summed E-state index contributed by atoms with van der Waals surface area (Å²) in [4.78, 5) is 14.3. The predicted molar refractivity (Wildman–Crippen MR) is 74.7 cm³/mol. The van der Waals surface area contributed by atoms with E-state index in [1.54, 1.807) is 12.3 Å². The van der Waals surface area contributed by atoms with Gasteiger partial charge in [0.2, 0.25) is 5.75 Å². The number of halogens is 1. The second-order valence-electron chi connectivity index (χ2n) is 4.28. The van der Waals surface area contributed by atoms with Gasteiger partial charge in [-0.25, -0.2) is 4.39 Å². The first-order chi connectivity index (χ1) is 10.1. The molecule has 1 aromatic carbocycles. The first-order valence-corrected chi connectivity index (χ1v) is 6.36. The highest BCUT2D eigenvalue weighted by Gasteiger charge is 2.16. The molecule has 0 saturated heterocycles. The molecule has 0 aliphatic heterocycles. The monoisotopic (exact) mass is 291 g/mol. The van der Waals surface area contributed by atoms with Crippen LogP contribution in [0.5, 0.6) is 11.5 Å². The molecule has 6 nitrogen and oxygen atoms in total. The van der Waals surface area contributed by atoms with Crippen LogP contribution in [0.4, 0.5) is 10.1 Å². The standard InChI is InChI=1S/C14H14FN3O3/c1-2-16-7-10-5-12(9-17-8-10)21-14-6-11(15)3-4-13(14)18(19)20/h3-6,8-9,16H,2,7H2,1H3. The van der Waals surface area contributed by atoms with E-state index in [0.717, 1.165) is 30.3 Å². The lowest BCUT2D eigenvalue weighted by Crippen LogP contribution is -2.11. The molecule has 0 aliphatic rings. The van der Waals surface area contributed by atoms with Crippen LogP contribution in [0.3, 0.4) is 0 Å². The van der Waals surface area contributed by atoms with Gasteiger partial charge in [0.05, 0.1) is 11.1 Å². The Labute approximate surface area is 120 Å². The second-order valence-corrected chi connectivity index (χ2v) is 4.28. The maximum atomic E-state index is 13.2. The van der Waals surface area contributed by atoms with Crippen molar-refractivity contribution in [1.82, 2.24) is 10.3 Å². The molecule has 0 bridgehead atoms. The number of rotatable bonds is 6. The maximum absolute atomic E-state index is 13.2. The number of benzene rings is 1. The molecule has 110 valence electrons. The molecule has 0 unspecified atom stereocenters. The fourth-order valence-corrected chi connectivity index (χ4v) is 1.73. The lowest BCUT2D eigenvalue weighted by Gasteiger charge is -2.08. The van der Waals surface area contributed by atoms with Crippen LogP contribution in [-0.4, -0.2) is 16.5 Å². The normalized spacial score (nSPS) is 10.4. The molecule has 0 saturated carbocycles. The molecule has 0 radical (unpaired) electrons.